The van der Waals surface area contributed by atoms with Crippen LogP contribution in [-0.4, -0.2) is 39.8 Å². The number of hydrogen-bond acceptors (Lipinski definition) is 3. The molecule has 2 N–H and O–H groups in total. The van der Waals surface area contributed by atoms with Crippen molar-refractivity contribution in [3.63, 3.8) is 0 Å². The van der Waals surface area contributed by atoms with Gasteiger partial charge in [0.2, 0.25) is 0 Å². The van der Waals surface area contributed by atoms with E-state index < -0.39 is 0 Å². The molecule has 0 spiro atoms. The van der Waals surface area contributed by atoms with Crippen molar-refractivity contribution in [3.05, 3.63) is 18.2 Å². The van der Waals surface area contributed by atoms with Crippen LogP contribution in [0.5, 0.6) is 11.5 Å². The fraction of sp³-hybridized carbons (Fsp3) is 0.588. The molecule has 2 rings (SSSR count). The van der Waals surface area contributed by atoms with Gasteiger partial charge in [-0.05, 0) is 18.6 Å². The van der Waals surface area contributed by atoms with Crippen LogP contribution in [0, 0.1) is 11.8 Å². The third-order valence-electron chi connectivity index (χ3n) is 4.17. The van der Waals surface area contributed by atoms with Crippen molar-refractivity contribution in [2.45, 2.75) is 20.3 Å². The summed E-state index contributed by atoms with van der Waals surface area (Å²) in [6, 6.07) is 5.40. The monoisotopic (exact) mass is 307 g/mol. The standard InChI is InChI=1S/C17H26N2O3/c1-12-7-13(2)10-19(9-12)11-17(20)18-15-6-5-14(21-3)8-16(15)22-4/h5-6,8,12-13H,7,9-11H2,1-4H3,(H,18,20)/p+1/t12-,13-/m0/s1. The summed E-state index contributed by atoms with van der Waals surface area (Å²) in [4.78, 5) is 13.7. The number of ether oxygens (including phenoxy) is 2. The quantitative estimate of drug-likeness (QED) is 0.859. The fourth-order valence-corrected chi connectivity index (χ4v) is 3.39. The predicted octanol–water partition coefficient (Wildman–Crippen LogP) is 1.20. The summed E-state index contributed by atoms with van der Waals surface area (Å²) >= 11 is 0. The Balaban J connectivity index is 1.97. The highest BCUT2D eigenvalue weighted by Gasteiger charge is 2.26. The minimum Gasteiger partial charge on any atom is -0.497 e. The third kappa shape index (κ3) is 4.37. The number of quaternary nitrogens is 1. The smallest absolute Gasteiger partial charge is 0.279 e. The molecular formula is C17H27N2O3+. The third-order valence-corrected chi connectivity index (χ3v) is 4.17. The number of likely N-dealkylation sites (tertiary alicyclic amines) is 1. The molecule has 122 valence electrons. The van der Waals surface area contributed by atoms with Gasteiger partial charge in [0.05, 0.1) is 33.0 Å². The number of methoxy groups -OCH3 is 2. The van der Waals surface area contributed by atoms with Crippen molar-refractivity contribution in [2.75, 3.05) is 39.2 Å². The molecule has 1 aliphatic heterocycles. The SMILES string of the molecule is COc1ccc(NC(=O)C[NH+]2C[C@@H](C)C[C@H](C)C2)c(OC)c1. The summed E-state index contributed by atoms with van der Waals surface area (Å²) in [5.41, 5.74) is 0.686. The van der Waals surface area contributed by atoms with Crippen molar-refractivity contribution in [1.82, 2.24) is 0 Å². The van der Waals surface area contributed by atoms with E-state index in [2.05, 4.69) is 19.2 Å². The molecule has 1 aromatic rings. The number of benzene rings is 1. The van der Waals surface area contributed by atoms with E-state index in [1.165, 1.54) is 11.3 Å². The maximum atomic E-state index is 12.3. The second-order valence-electron chi connectivity index (χ2n) is 6.40. The lowest BCUT2D eigenvalue weighted by Gasteiger charge is -2.31. The summed E-state index contributed by atoms with van der Waals surface area (Å²) < 4.78 is 10.5. The fourth-order valence-electron chi connectivity index (χ4n) is 3.39. The maximum absolute atomic E-state index is 12.3. The molecule has 0 radical (unpaired) electrons. The molecule has 0 saturated carbocycles. The van der Waals surface area contributed by atoms with Crippen LogP contribution in [0.25, 0.3) is 0 Å². The lowest BCUT2D eigenvalue weighted by molar-refractivity contribution is -0.904. The first-order chi connectivity index (χ1) is 10.5. The lowest BCUT2D eigenvalue weighted by atomic mass is 9.92. The highest BCUT2D eigenvalue weighted by molar-refractivity contribution is 5.93. The molecule has 0 unspecified atom stereocenters. The molecular weight excluding hydrogens is 280 g/mol. The van der Waals surface area contributed by atoms with E-state index in [0.717, 1.165) is 13.1 Å². The van der Waals surface area contributed by atoms with E-state index in [4.69, 9.17) is 9.47 Å². The van der Waals surface area contributed by atoms with Crippen LogP contribution < -0.4 is 19.7 Å². The van der Waals surface area contributed by atoms with Gasteiger partial charge in [0.15, 0.2) is 6.54 Å². The molecule has 1 heterocycles. The minimum atomic E-state index is 0.0276. The first-order valence-electron chi connectivity index (χ1n) is 7.87. The average molecular weight is 307 g/mol. The van der Waals surface area contributed by atoms with Crippen LogP contribution >= 0.6 is 0 Å². The molecule has 1 aromatic carbocycles. The number of carbonyl (C=O) groups is 1. The number of rotatable bonds is 5. The van der Waals surface area contributed by atoms with Crippen LogP contribution in [0.4, 0.5) is 5.69 Å². The first kappa shape index (κ1) is 16.6. The molecule has 1 aliphatic rings. The van der Waals surface area contributed by atoms with E-state index in [1.807, 2.05) is 12.1 Å². The van der Waals surface area contributed by atoms with Crippen LogP contribution in [0.3, 0.4) is 0 Å². The van der Waals surface area contributed by atoms with Gasteiger partial charge < -0.3 is 19.7 Å². The van der Waals surface area contributed by atoms with Gasteiger partial charge in [-0.1, -0.05) is 13.8 Å². The van der Waals surface area contributed by atoms with Gasteiger partial charge in [0, 0.05) is 17.9 Å². The summed E-state index contributed by atoms with van der Waals surface area (Å²) in [6.45, 7) is 7.17. The Morgan fingerprint density at radius 1 is 1.23 bits per heavy atom. The van der Waals surface area contributed by atoms with Crippen LogP contribution in [0.1, 0.15) is 20.3 Å². The van der Waals surface area contributed by atoms with Crippen molar-refractivity contribution in [1.29, 1.82) is 0 Å². The van der Waals surface area contributed by atoms with Gasteiger partial charge in [0.1, 0.15) is 11.5 Å². The molecule has 0 aliphatic carbocycles. The van der Waals surface area contributed by atoms with Gasteiger partial charge in [-0.2, -0.15) is 0 Å². The highest BCUT2D eigenvalue weighted by atomic mass is 16.5. The molecule has 1 fully saturated rings. The maximum Gasteiger partial charge on any atom is 0.279 e. The molecule has 1 saturated heterocycles. The summed E-state index contributed by atoms with van der Waals surface area (Å²) in [6.07, 6.45) is 1.26. The number of anilines is 1. The Hall–Kier alpha value is -1.75. The largest absolute Gasteiger partial charge is 0.497 e. The number of piperidine rings is 1. The molecule has 2 atom stereocenters. The Morgan fingerprint density at radius 3 is 2.50 bits per heavy atom. The summed E-state index contributed by atoms with van der Waals surface area (Å²) in [5.74, 6) is 2.71. The predicted molar refractivity (Wildman–Crippen MR) is 86.7 cm³/mol. The number of amides is 1. The molecule has 1 amide bonds. The Labute approximate surface area is 132 Å². The van der Waals surface area contributed by atoms with E-state index in [1.54, 1.807) is 20.3 Å². The van der Waals surface area contributed by atoms with E-state index in [0.29, 0.717) is 35.6 Å². The molecule has 5 nitrogen and oxygen atoms in total. The van der Waals surface area contributed by atoms with Crippen molar-refractivity contribution in [3.8, 4) is 11.5 Å². The van der Waals surface area contributed by atoms with Gasteiger partial charge in [-0.15, -0.1) is 0 Å². The zero-order chi connectivity index (χ0) is 16.1. The van der Waals surface area contributed by atoms with Crippen LogP contribution in [-0.2, 0) is 4.79 Å². The average Bonchev–Trinajstić information content (AvgIpc) is 2.46. The van der Waals surface area contributed by atoms with E-state index >= 15 is 0 Å². The highest BCUT2D eigenvalue weighted by Crippen LogP contribution is 2.28. The zero-order valence-corrected chi connectivity index (χ0v) is 13.9. The molecule has 0 aromatic heterocycles. The van der Waals surface area contributed by atoms with E-state index in [-0.39, 0.29) is 5.91 Å². The summed E-state index contributed by atoms with van der Waals surface area (Å²) in [7, 11) is 3.19. The Kier molecular flexibility index (Phi) is 5.66. The topological polar surface area (TPSA) is 52.0 Å². The second-order valence-corrected chi connectivity index (χ2v) is 6.40. The lowest BCUT2D eigenvalue weighted by Crippen LogP contribution is -3.15. The zero-order valence-electron chi connectivity index (χ0n) is 13.9. The molecule has 22 heavy (non-hydrogen) atoms. The van der Waals surface area contributed by atoms with Crippen LogP contribution in [0.2, 0.25) is 0 Å². The Bertz CT molecular complexity index is 509. The van der Waals surface area contributed by atoms with Crippen molar-refractivity contribution < 1.29 is 19.2 Å². The van der Waals surface area contributed by atoms with Gasteiger partial charge in [-0.25, -0.2) is 0 Å². The molecule has 5 heteroatoms. The van der Waals surface area contributed by atoms with Crippen molar-refractivity contribution in [2.24, 2.45) is 11.8 Å². The van der Waals surface area contributed by atoms with Gasteiger partial charge >= 0.3 is 0 Å². The number of carbonyl (C=O) groups excluding carboxylic acids is 1. The first-order valence-corrected chi connectivity index (χ1v) is 7.87. The minimum absolute atomic E-state index is 0.0276. The molecule has 0 bridgehead atoms. The Morgan fingerprint density at radius 2 is 1.91 bits per heavy atom. The second kappa shape index (κ2) is 7.49. The van der Waals surface area contributed by atoms with Crippen molar-refractivity contribution >= 4 is 11.6 Å². The van der Waals surface area contributed by atoms with Gasteiger partial charge in [0.25, 0.3) is 5.91 Å². The summed E-state index contributed by atoms with van der Waals surface area (Å²) in [5, 5.41) is 2.95. The van der Waals surface area contributed by atoms with E-state index in [9.17, 15) is 4.79 Å². The number of nitrogens with one attached hydrogen (secondary N) is 2. The number of hydrogen-bond donors (Lipinski definition) is 2. The van der Waals surface area contributed by atoms with Crippen LogP contribution in [0.15, 0.2) is 18.2 Å². The normalized spacial score (nSPS) is 24.6. The van der Waals surface area contributed by atoms with Gasteiger partial charge in [-0.3, -0.25) is 4.79 Å².